The molecule has 3 rings (SSSR count). The summed E-state index contributed by atoms with van der Waals surface area (Å²) < 4.78 is 25.2. The molecular formula is C20H22BrFN2O3. The van der Waals surface area contributed by atoms with E-state index in [9.17, 15) is 9.18 Å². The molecule has 5 nitrogen and oxygen atoms in total. The molecule has 7 heteroatoms. The zero-order valence-electron chi connectivity index (χ0n) is 14.9. The van der Waals surface area contributed by atoms with E-state index in [1.807, 2.05) is 24.3 Å². The lowest BCUT2D eigenvalue weighted by molar-refractivity contribution is -0.0154. The molecule has 2 aromatic rings. The van der Waals surface area contributed by atoms with Crippen LogP contribution in [0.4, 0.5) is 9.18 Å². The third-order valence-electron chi connectivity index (χ3n) is 4.25. The van der Waals surface area contributed by atoms with Crippen LogP contribution in [0.2, 0.25) is 0 Å². The maximum Gasteiger partial charge on any atom is 0.317 e. The van der Waals surface area contributed by atoms with Gasteiger partial charge in [-0.1, -0.05) is 28.1 Å². The van der Waals surface area contributed by atoms with E-state index in [0.717, 1.165) is 10.0 Å². The summed E-state index contributed by atoms with van der Waals surface area (Å²) in [7, 11) is 0. The predicted molar refractivity (Wildman–Crippen MR) is 104 cm³/mol. The van der Waals surface area contributed by atoms with Gasteiger partial charge in [0.15, 0.2) is 0 Å². The van der Waals surface area contributed by atoms with Crippen molar-refractivity contribution in [3.05, 3.63) is 64.4 Å². The van der Waals surface area contributed by atoms with E-state index in [4.69, 9.17) is 9.47 Å². The number of amides is 2. The van der Waals surface area contributed by atoms with Gasteiger partial charge in [0.25, 0.3) is 0 Å². The van der Waals surface area contributed by atoms with Crippen LogP contribution in [-0.4, -0.2) is 43.8 Å². The fraction of sp³-hybridized carbons (Fsp3) is 0.350. The molecule has 2 amide bonds. The fourth-order valence-electron chi connectivity index (χ4n) is 2.84. The molecule has 1 unspecified atom stereocenters. The van der Waals surface area contributed by atoms with Crippen LogP contribution in [0.3, 0.4) is 0 Å². The van der Waals surface area contributed by atoms with Gasteiger partial charge in [0.05, 0.1) is 19.8 Å². The van der Waals surface area contributed by atoms with Gasteiger partial charge < -0.3 is 19.7 Å². The lowest BCUT2D eigenvalue weighted by Crippen LogP contribution is -2.47. The van der Waals surface area contributed by atoms with Crippen molar-refractivity contribution in [2.45, 2.75) is 12.5 Å². The Kier molecular flexibility index (Phi) is 7.06. The molecule has 0 spiro atoms. The van der Waals surface area contributed by atoms with Gasteiger partial charge in [-0.25, -0.2) is 9.18 Å². The third-order valence-corrected chi connectivity index (χ3v) is 4.75. The number of hydrogen-bond acceptors (Lipinski definition) is 3. The second-order valence-corrected chi connectivity index (χ2v) is 7.16. The van der Waals surface area contributed by atoms with E-state index >= 15 is 0 Å². The molecule has 144 valence electrons. The van der Waals surface area contributed by atoms with Crippen molar-refractivity contribution in [3.63, 3.8) is 0 Å². The average molecular weight is 437 g/mol. The molecule has 1 heterocycles. The van der Waals surface area contributed by atoms with Gasteiger partial charge in [-0.15, -0.1) is 0 Å². The molecule has 0 aliphatic carbocycles. The maximum absolute atomic E-state index is 12.8. The highest BCUT2D eigenvalue weighted by molar-refractivity contribution is 9.10. The molecule has 0 radical (unpaired) electrons. The second-order valence-electron chi connectivity index (χ2n) is 6.25. The molecule has 27 heavy (non-hydrogen) atoms. The number of nitrogens with zero attached hydrogens (tertiary/aromatic N) is 1. The molecule has 1 aliphatic rings. The van der Waals surface area contributed by atoms with Crippen LogP contribution in [0.1, 0.15) is 18.1 Å². The SMILES string of the molecule is O=C(NCCCOc1ccc(F)cc1)N1CCOC(c2cccc(Br)c2)C1. The highest BCUT2D eigenvalue weighted by Gasteiger charge is 2.25. The van der Waals surface area contributed by atoms with Gasteiger partial charge in [-0.05, 0) is 48.4 Å². The number of urea groups is 1. The Morgan fingerprint density at radius 3 is 2.89 bits per heavy atom. The molecule has 2 aromatic carbocycles. The van der Waals surface area contributed by atoms with Crippen molar-refractivity contribution >= 4 is 22.0 Å². The van der Waals surface area contributed by atoms with Crippen LogP contribution >= 0.6 is 15.9 Å². The van der Waals surface area contributed by atoms with Crippen LogP contribution in [0.5, 0.6) is 5.75 Å². The van der Waals surface area contributed by atoms with Crippen LogP contribution in [0.25, 0.3) is 0 Å². The Labute approximate surface area is 166 Å². The lowest BCUT2D eigenvalue weighted by atomic mass is 10.1. The van der Waals surface area contributed by atoms with Crippen molar-refractivity contribution in [1.29, 1.82) is 0 Å². The minimum atomic E-state index is -0.290. The average Bonchev–Trinajstić information content (AvgIpc) is 2.69. The molecular weight excluding hydrogens is 415 g/mol. The van der Waals surface area contributed by atoms with Gasteiger partial charge in [0.1, 0.15) is 17.7 Å². The minimum Gasteiger partial charge on any atom is -0.494 e. The molecule has 0 aromatic heterocycles. The zero-order valence-corrected chi connectivity index (χ0v) is 16.5. The summed E-state index contributed by atoms with van der Waals surface area (Å²) in [6.07, 6.45) is 0.548. The summed E-state index contributed by atoms with van der Waals surface area (Å²) in [5, 5.41) is 2.91. The number of hydrogen-bond donors (Lipinski definition) is 1. The Bertz CT molecular complexity index is 757. The first-order valence-electron chi connectivity index (χ1n) is 8.90. The van der Waals surface area contributed by atoms with Gasteiger partial charge in [-0.2, -0.15) is 0 Å². The van der Waals surface area contributed by atoms with E-state index in [-0.39, 0.29) is 18.0 Å². The smallest absolute Gasteiger partial charge is 0.317 e. The minimum absolute atomic E-state index is 0.0971. The predicted octanol–water partition coefficient (Wildman–Crippen LogP) is 4.14. The quantitative estimate of drug-likeness (QED) is 0.692. The van der Waals surface area contributed by atoms with Crippen molar-refractivity contribution < 1.29 is 18.7 Å². The van der Waals surface area contributed by atoms with Crippen LogP contribution in [-0.2, 0) is 4.74 Å². The highest BCUT2D eigenvalue weighted by Crippen LogP contribution is 2.24. The maximum atomic E-state index is 12.8. The molecule has 1 saturated heterocycles. The van der Waals surface area contributed by atoms with E-state index in [0.29, 0.717) is 45.0 Å². The van der Waals surface area contributed by atoms with Gasteiger partial charge in [0.2, 0.25) is 0 Å². The van der Waals surface area contributed by atoms with Crippen molar-refractivity contribution in [2.24, 2.45) is 0 Å². The first-order valence-corrected chi connectivity index (χ1v) is 9.69. The number of carbonyl (C=O) groups excluding carboxylic acids is 1. The van der Waals surface area contributed by atoms with E-state index < -0.39 is 0 Å². The van der Waals surface area contributed by atoms with Gasteiger partial charge in [-0.3, -0.25) is 0 Å². The normalized spacial score (nSPS) is 16.8. The van der Waals surface area contributed by atoms with E-state index in [1.165, 1.54) is 12.1 Å². The highest BCUT2D eigenvalue weighted by atomic mass is 79.9. The van der Waals surface area contributed by atoms with Gasteiger partial charge >= 0.3 is 6.03 Å². The molecule has 1 fully saturated rings. The summed E-state index contributed by atoms with van der Waals surface area (Å²) in [6.45, 7) is 2.57. The largest absolute Gasteiger partial charge is 0.494 e. The fourth-order valence-corrected chi connectivity index (χ4v) is 3.26. The molecule has 1 N–H and O–H groups in total. The topological polar surface area (TPSA) is 50.8 Å². The van der Waals surface area contributed by atoms with Crippen molar-refractivity contribution in [3.8, 4) is 5.75 Å². The summed E-state index contributed by atoms with van der Waals surface area (Å²) in [4.78, 5) is 14.2. The van der Waals surface area contributed by atoms with Gasteiger partial charge in [0, 0.05) is 17.6 Å². The van der Waals surface area contributed by atoms with Crippen molar-refractivity contribution in [1.82, 2.24) is 10.2 Å². The summed E-state index contributed by atoms with van der Waals surface area (Å²) >= 11 is 3.46. The van der Waals surface area contributed by atoms with Crippen LogP contribution in [0.15, 0.2) is 53.0 Å². The first-order chi connectivity index (χ1) is 13.1. The number of rotatable bonds is 6. The molecule has 0 bridgehead atoms. The Balaban J connectivity index is 1.39. The third kappa shape index (κ3) is 5.94. The Hall–Kier alpha value is -2.12. The Morgan fingerprint density at radius 2 is 2.11 bits per heavy atom. The second kappa shape index (κ2) is 9.71. The number of carbonyl (C=O) groups is 1. The lowest BCUT2D eigenvalue weighted by Gasteiger charge is -2.33. The molecule has 1 atom stereocenters. The number of ether oxygens (including phenoxy) is 2. The number of halogens is 2. The van der Waals surface area contributed by atoms with Crippen LogP contribution in [0, 0.1) is 5.82 Å². The van der Waals surface area contributed by atoms with E-state index in [1.54, 1.807) is 17.0 Å². The van der Waals surface area contributed by atoms with Crippen LogP contribution < -0.4 is 10.1 Å². The summed E-state index contributed by atoms with van der Waals surface area (Å²) in [6, 6.07) is 13.7. The zero-order chi connectivity index (χ0) is 19.1. The van der Waals surface area contributed by atoms with E-state index in [2.05, 4.69) is 21.2 Å². The van der Waals surface area contributed by atoms with Crippen molar-refractivity contribution in [2.75, 3.05) is 32.8 Å². The number of benzene rings is 2. The summed E-state index contributed by atoms with van der Waals surface area (Å²) in [5.74, 6) is 0.328. The molecule has 0 saturated carbocycles. The Morgan fingerprint density at radius 1 is 1.30 bits per heavy atom. The standard InChI is InChI=1S/C20H22BrFN2O3/c21-16-4-1-3-15(13-16)19-14-24(10-12-27-19)20(25)23-9-2-11-26-18-7-5-17(22)6-8-18/h1,3-8,13,19H,2,9-12,14H2,(H,23,25). The molecule has 1 aliphatic heterocycles. The monoisotopic (exact) mass is 436 g/mol. The number of nitrogens with one attached hydrogen (secondary N) is 1. The number of morpholine rings is 1. The summed E-state index contributed by atoms with van der Waals surface area (Å²) in [5.41, 5.74) is 1.05. The first kappa shape index (κ1) is 19.6.